The maximum atomic E-state index is 13.6. The van der Waals surface area contributed by atoms with Gasteiger partial charge in [-0.1, -0.05) is 18.2 Å². The molecule has 1 N–H and O–H groups in total. The quantitative estimate of drug-likeness (QED) is 0.425. The molecule has 166 valence electrons. The molecule has 0 fully saturated rings. The van der Waals surface area contributed by atoms with E-state index in [0.717, 1.165) is 4.88 Å². The summed E-state index contributed by atoms with van der Waals surface area (Å²) >= 11 is 1.43. The molecule has 0 saturated carbocycles. The van der Waals surface area contributed by atoms with E-state index in [4.69, 9.17) is 0 Å². The van der Waals surface area contributed by atoms with Crippen LogP contribution in [0.2, 0.25) is 0 Å². The van der Waals surface area contributed by atoms with E-state index < -0.39 is 29.5 Å². The molecule has 2 aromatic heterocycles. The number of rotatable bonds is 7. The number of hydrogen-bond donors (Lipinski definition) is 1. The molecule has 4 aromatic rings. The van der Waals surface area contributed by atoms with Crippen LogP contribution in [0.4, 0.5) is 14.5 Å². The maximum absolute atomic E-state index is 13.6. The third-order valence-electron chi connectivity index (χ3n) is 4.81. The van der Waals surface area contributed by atoms with Crippen molar-refractivity contribution in [3.63, 3.8) is 0 Å². The predicted octanol–water partition coefficient (Wildman–Crippen LogP) is 4.84. The van der Waals surface area contributed by atoms with Crippen molar-refractivity contribution < 1.29 is 18.4 Å². The van der Waals surface area contributed by atoms with Crippen LogP contribution in [-0.4, -0.2) is 26.7 Å². The van der Waals surface area contributed by atoms with Crippen LogP contribution in [0.5, 0.6) is 0 Å². The largest absolute Gasteiger partial charge is 0.324 e. The standard InChI is InChI=1S/C24H18F2N4O2S/c25-17-5-3-16(4-6-17)22(23(31)29-19-9-7-18(26)8-10-19)30(15-20-2-1-13-33-20)24(32)21-14-27-11-12-28-21/h1-14,22H,15H2,(H,29,31)/t22-/m1/s1. The lowest BCUT2D eigenvalue weighted by Crippen LogP contribution is -2.41. The molecule has 1 atom stereocenters. The van der Waals surface area contributed by atoms with Crippen molar-refractivity contribution in [2.45, 2.75) is 12.6 Å². The van der Waals surface area contributed by atoms with Crippen molar-refractivity contribution in [2.24, 2.45) is 0 Å². The molecule has 0 aliphatic rings. The van der Waals surface area contributed by atoms with Gasteiger partial charge in [0.15, 0.2) is 0 Å². The first-order valence-electron chi connectivity index (χ1n) is 9.92. The highest BCUT2D eigenvalue weighted by atomic mass is 32.1. The lowest BCUT2D eigenvalue weighted by molar-refractivity contribution is -0.121. The van der Waals surface area contributed by atoms with Gasteiger partial charge in [0.2, 0.25) is 0 Å². The number of nitrogens with zero attached hydrogens (tertiary/aromatic N) is 3. The average Bonchev–Trinajstić information content (AvgIpc) is 3.35. The minimum Gasteiger partial charge on any atom is -0.324 e. The van der Waals surface area contributed by atoms with Gasteiger partial charge in [0.25, 0.3) is 11.8 Å². The highest BCUT2D eigenvalue weighted by Crippen LogP contribution is 2.28. The number of benzene rings is 2. The van der Waals surface area contributed by atoms with Crippen LogP contribution in [0.25, 0.3) is 0 Å². The number of aromatic nitrogens is 2. The van der Waals surface area contributed by atoms with Gasteiger partial charge in [-0.2, -0.15) is 0 Å². The third-order valence-corrected chi connectivity index (χ3v) is 5.67. The molecule has 0 aliphatic heterocycles. The van der Waals surface area contributed by atoms with Gasteiger partial charge in [0.1, 0.15) is 23.4 Å². The Bertz CT molecular complexity index is 1220. The van der Waals surface area contributed by atoms with E-state index in [1.54, 1.807) is 0 Å². The van der Waals surface area contributed by atoms with Gasteiger partial charge >= 0.3 is 0 Å². The summed E-state index contributed by atoms with van der Waals surface area (Å²) in [5.74, 6) is -1.97. The number of carbonyl (C=O) groups is 2. The van der Waals surface area contributed by atoms with E-state index in [2.05, 4.69) is 15.3 Å². The van der Waals surface area contributed by atoms with Crippen molar-refractivity contribution in [1.29, 1.82) is 0 Å². The first kappa shape index (κ1) is 22.2. The normalized spacial score (nSPS) is 11.6. The second kappa shape index (κ2) is 10.1. The van der Waals surface area contributed by atoms with Crippen LogP contribution in [0, 0.1) is 11.6 Å². The van der Waals surface area contributed by atoms with Crippen LogP contribution in [0.3, 0.4) is 0 Å². The molecule has 2 amide bonds. The number of thiophene rings is 1. The summed E-state index contributed by atoms with van der Waals surface area (Å²) in [6, 6.07) is 13.2. The smallest absolute Gasteiger partial charge is 0.275 e. The summed E-state index contributed by atoms with van der Waals surface area (Å²) < 4.78 is 26.9. The number of hydrogen-bond acceptors (Lipinski definition) is 5. The molecule has 9 heteroatoms. The summed E-state index contributed by atoms with van der Waals surface area (Å²) in [6.07, 6.45) is 4.16. The molecule has 33 heavy (non-hydrogen) atoms. The zero-order valence-electron chi connectivity index (χ0n) is 17.2. The Morgan fingerprint density at radius 3 is 2.27 bits per heavy atom. The fraction of sp³-hybridized carbons (Fsp3) is 0.0833. The zero-order valence-corrected chi connectivity index (χ0v) is 18.0. The van der Waals surface area contributed by atoms with E-state index in [-0.39, 0.29) is 12.2 Å². The van der Waals surface area contributed by atoms with Gasteiger partial charge < -0.3 is 10.2 Å². The molecule has 6 nitrogen and oxygen atoms in total. The highest BCUT2D eigenvalue weighted by Gasteiger charge is 2.33. The predicted molar refractivity (Wildman–Crippen MR) is 120 cm³/mol. The Hall–Kier alpha value is -3.98. The van der Waals surface area contributed by atoms with Crippen molar-refractivity contribution in [3.05, 3.63) is 112 Å². The van der Waals surface area contributed by atoms with Gasteiger partial charge in [-0.15, -0.1) is 11.3 Å². The Labute approximate surface area is 192 Å². The first-order chi connectivity index (χ1) is 16.0. The summed E-state index contributed by atoms with van der Waals surface area (Å²) in [5.41, 5.74) is 0.831. The molecule has 2 heterocycles. The molecule has 0 unspecified atom stereocenters. The molecule has 0 saturated heterocycles. The topological polar surface area (TPSA) is 75.2 Å². The monoisotopic (exact) mass is 464 g/mol. The molecule has 4 rings (SSSR count). The number of amides is 2. The molecule has 0 radical (unpaired) electrons. The molecular formula is C24H18F2N4O2S. The van der Waals surface area contributed by atoms with E-state index >= 15 is 0 Å². The van der Waals surface area contributed by atoms with Crippen molar-refractivity contribution in [2.75, 3.05) is 5.32 Å². The number of halogens is 2. The number of anilines is 1. The number of nitrogens with one attached hydrogen (secondary N) is 1. The second-order valence-electron chi connectivity index (χ2n) is 7.05. The Kier molecular flexibility index (Phi) is 6.80. The van der Waals surface area contributed by atoms with Crippen molar-refractivity contribution in [3.8, 4) is 0 Å². The molecule has 0 spiro atoms. The summed E-state index contributed by atoms with van der Waals surface area (Å²) in [7, 11) is 0. The summed E-state index contributed by atoms with van der Waals surface area (Å²) in [5, 5.41) is 4.59. The third kappa shape index (κ3) is 5.45. The van der Waals surface area contributed by atoms with Gasteiger partial charge in [0.05, 0.1) is 12.7 Å². The van der Waals surface area contributed by atoms with Crippen LogP contribution >= 0.6 is 11.3 Å². The molecule has 0 bridgehead atoms. The van der Waals surface area contributed by atoms with Gasteiger partial charge in [-0.05, 0) is 53.4 Å². The van der Waals surface area contributed by atoms with E-state index in [1.807, 2.05) is 17.5 Å². The molecule has 0 aliphatic carbocycles. The van der Waals surface area contributed by atoms with Crippen LogP contribution < -0.4 is 5.32 Å². The highest BCUT2D eigenvalue weighted by molar-refractivity contribution is 7.09. The van der Waals surface area contributed by atoms with Crippen LogP contribution in [0.1, 0.15) is 27.0 Å². The fourth-order valence-corrected chi connectivity index (χ4v) is 3.97. The van der Waals surface area contributed by atoms with E-state index in [9.17, 15) is 18.4 Å². The zero-order chi connectivity index (χ0) is 23.2. The van der Waals surface area contributed by atoms with Gasteiger partial charge in [-0.25, -0.2) is 13.8 Å². The van der Waals surface area contributed by atoms with Gasteiger partial charge in [0, 0.05) is 23.0 Å². The maximum Gasteiger partial charge on any atom is 0.275 e. The van der Waals surface area contributed by atoms with Crippen molar-refractivity contribution >= 4 is 28.8 Å². The number of carbonyl (C=O) groups excluding carboxylic acids is 2. The minimum absolute atomic E-state index is 0.0655. The Morgan fingerprint density at radius 1 is 0.970 bits per heavy atom. The lowest BCUT2D eigenvalue weighted by Gasteiger charge is -2.31. The van der Waals surface area contributed by atoms with E-state index in [0.29, 0.717) is 11.3 Å². The van der Waals surface area contributed by atoms with Crippen LogP contribution in [0.15, 0.2) is 84.6 Å². The lowest BCUT2D eigenvalue weighted by atomic mass is 10.0. The average molecular weight is 464 g/mol. The van der Waals surface area contributed by atoms with E-state index in [1.165, 1.54) is 83.4 Å². The fourth-order valence-electron chi connectivity index (χ4n) is 3.27. The summed E-state index contributed by atoms with van der Waals surface area (Å²) in [4.78, 5) is 37.2. The Morgan fingerprint density at radius 2 is 1.67 bits per heavy atom. The summed E-state index contributed by atoms with van der Waals surface area (Å²) in [6.45, 7) is 0.117. The van der Waals surface area contributed by atoms with Crippen molar-refractivity contribution in [1.82, 2.24) is 14.9 Å². The van der Waals surface area contributed by atoms with Crippen LogP contribution in [-0.2, 0) is 11.3 Å². The molecular weight excluding hydrogens is 446 g/mol. The van der Waals surface area contributed by atoms with Gasteiger partial charge in [-0.3, -0.25) is 14.6 Å². The molecule has 2 aromatic carbocycles. The SMILES string of the molecule is O=C(Nc1ccc(F)cc1)[C@@H](c1ccc(F)cc1)N(Cc1cccs1)C(=O)c1cnccn1. The minimum atomic E-state index is -1.12. The Balaban J connectivity index is 1.76. The first-order valence-corrected chi connectivity index (χ1v) is 10.8. The second-order valence-corrected chi connectivity index (χ2v) is 8.09.